The molecule has 0 heterocycles. The second-order valence-electron chi connectivity index (χ2n) is 4.37. The number of primary amides is 1. The molecule has 0 saturated heterocycles. The summed E-state index contributed by atoms with van der Waals surface area (Å²) in [5, 5.41) is 12.0. The van der Waals surface area contributed by atoms with Gasteiger partial charge in [-0.25, -0.2) is 4.79 Å². The molecule has 0 radical (unpaired) electrons. The SMILES string of the molecule is Cc1cc(Nc2ccccc2C(N)=O)ccc1C(=O)O. The first-order valence-corrected chi connectivity index (χ1v) is 5.99. The van der Waals surface area contributed by atoms with E-state index in [-0.39, 0.29) is 5.56 Å². The Balaban J connectivity index is 2.34. The van der Waals surface area contributed by atoms with Crippen LogP contribution in [0.15, 0.2) is 42.5 Å². The normalized spacial score (nSPS) is 10.1. The van der Waals surface area contributed by atoms with Gasteiger partial charge in [-0.2, -0.15) is 0 Å². The molecule has 2 aromatic rings. The van der Waals surface area contributed by atoms with Crippen LogP contribution < -0.4 is 11.1 Å². The average Bonchev–Trinajstić information content (AvgIpc) is 2.38. The van der Waals surface area contributed by atoms with E-state index in [4.69, 9.17) is 10.8 Å². The van der Waals surface area contributed by atoms with Crippen LogP contribution in [0, 0.1) is 6.92 Å². The summed E-state index contributed by atoms with van der Waals surface area (Å²) in [6.07, 6.45) is 0. The summed E-state index contributed by atoms with van der Waals surface area (Å²) in [6.45, 7) is 1.72. The standard InChI is InChI=1S/C15H14N2O3/c1-9-8-10(6-7-11(9)15(19)20)17-13-5-3-2-4-12(13)14(16)18/h2-8,17H,1H3,(H2,16,18)(H,19,20). The van der Waals surface area contributed by atoms with E-state index < -0.39 is 11.9 Å². The zero-order chi connectivity index (χ0) is 14.7. The first-order valence-electron chi connectivity index (χ1n) is 5.99. The quantitative estimate of drug-likeness (QED) is 0.796. The van der Waals surface area contributed by atoms with Crippen molar-refractivity contribution >= 4 is 23.3 Å². The number of hydrogen-bond donors (Lipinski definition) is 3. The van der Waals surface area contributed by atoms with Crippen molar-refractivity contribution in [3.05, 3.63) is 59.2 Å². The number of carbonyl (C=O) groups excluding carboxylic acids is 1. The summed E-state index contributed by atoms with van der Waals surface area (Å²) in [5.41, 5.74) is 7.86. The molecule has 20 heavy (non-hydrogen) atoms. The molecule has 1 amide bonds. The molecular weight excluding hydrogens is 256 g/mol. The fourth-order valence-electron chi connectivity index (χ4n) is 1.94. The monoisotopic (exact) mass is 270 g/mol. The van der Waals surface area contributed by atoms with Crippen LogP contribution in [-0.4, -0.2) is 17.0 Å². The van der Waals surface area contributed by atoms with E-state index in [0.29, 0.717) is 22.5 Å². The molecule has 4 N–H and O–H groups in total. The number of carbonyl (C=O) groups is 2. The number of carboxylic acids is 1. The van der Waals surface area contributed by atoms with Crippen molar-refractivity contribution in [1.82, 2.24) is 0 Å². The Morgan fingerprint density at radius 1 is 1.10 bits per heavy atom. The minimum Gasteiger partial charge on any atom is -0.478 e. The van der Waals surface area contributed by atoms with Gasteiger partial charge in [-0.3, -0.25) is 4.79 Å². The van der Waals surface area contributed by atoms with Crippen LogP contribution in [0.1, 0.15) is 26.3 Å². The van der Waals surface area contributed by atoms with E-state index in [0.717, 1.165) is 0 Å². The Morgan fingerprint density at radius 3 is 2.40 bits per heavy atom. The minimum absolute atomic E-state index is 0.249. The third kappa shape index (κ3) is 2.77. The molecule has 102 valence electrons. The summed E-state index contributed by atoms with van der Waals surface area (Å²) in [4.78, 5) is 22.3. The maximum atomic E-state index is 11.3. The largest absolute Gasteiger partial charge is 0.478 e. The number of para-hydroxylation sites is 1. The molecule has 0 aliphatic carbocycles. The second kappa shape index (κ2) is 5.44. The van der Waals surface area contributed by atoms with Gasteiger partial charge >= 0.3 is 5.97 Å². The number of rotatable bonds is 4. The number of nitrogens with one attached hydrogen (secondary N) is 1. The lowest BCUT2D eigenvalue weighted by Crippen LogP contribution is -2.13. The Hall–Kier alpha value is -2.82. The number of hydrogen-bond acceptors (Lipinski definition) is 3. The summed E-state index contributed by atoms with van der Waals surface area (Å²) in [5.74, 6) is -1.49. The third-order valence-corrected chi connectivity index (χ3v) is 2.93. The molecule has 0 aromatic heterocycles. The Morgan fingerprint density at radius 2 is 1.80 bits per heavy atom. The summed E-state index contributed by atoms with van der Waals surface area (Å²) in [6, 6.07) is 11.8. The topological polar surface area (TPSA) is 92.4 Å². The van der Waals surface area contributed by atoms with Gasteiger partial charge in [0.1, 0.15) is 0 Å². The molecule has 5 heteroatoms. The van der Waals surface area contributed by atoms with Gasteiger partial charge in [-0.15, -0.1) is 0 Å². The van der Waals surface area contributed by atoms with Crippen LogP contribution in [0.2, 0.25) is 0 Å². The predicted octanol–water partition coefficient (Wildman–Crippen LogP) is 2.54. The Labute approximate surface area is 116 Å². The molecule has 2 rings (SSSR count). The van der Waals surface area contributed by atoms with Crippen molar-refractivity contribution in [1.29, 1.82) is 0 Å². The molecule has 0 bridgehead atoms. The van der Waals surface area contributed by atoms with E-state index in [2.05, 4.69) is 5.32 Å². The molecule has 0 saturated carbocycles. The number of aromatic carboxylic acids is 1. The van der Waals surface area contributed by atoms with Gasteiger partial charge in [-0.1, -0.05) is 12.1 Å². The number of anilines is 2. The van der Waals surface area contributed by atoms with Crippen molar-refractivity contribution in [2.24, 2.45) is 5.73 Å². The lowest BCUT2D eigenvalue weighted by Gasteiger charge is -2.11. The molecule has 0 fully saturated rings. The lowest BCUT2D eigenvalue weighted by molar-refractivity contribution is 0.0696. The van der Waals surface area contributed by atoms with Gasteiger partial charge in [0.05, 0.1) is 16.8 Å². The highest BCUT2D eigenvalue weighted by atomic mass is 16.4. The zero-order valence-electron chi connectivity index (χ0n) is 10.9. The average molecular weight is 270 g/mol. The van der Waals surface area contributed by atoms with Crippen molar-refractivity contribution < 1.29 is 14.7 Å². The zero-order valence-corrected chi connectivity index (χ0v) is 10.9. The minimum atomic E-state index is -0.966. The fourth-order valence-corrected chi connectivity index (χ4v) is 1.94. The second-order valence-corrected chi connectivity index (χ2v) is 4.37. The van der Waals surface area contributed by atoms with Crippen LogP contribution in [0.3, 0.4) is 0 Å². The molecule has 0 unspecified atom stereocenters. The molecule has 0 spiro atoms. The predicted molar refractivity (Wildman–Crippen MR) is 76.4 cm³/mol. The van der Waals surface area contributed by atoms with Crippen LogP contribution in [-0.2, 0) is 0 Å². The number of benzene rings is 2. The molecule has 2 aromatic carbocycles. The van der Waals surface area contributed by atoms with E-state index in [1.54, 1.807) is 43.3 Å². The number of nitrogens with two attached hydrogens (primary N) is 1. The van der Waals surface area contributed by atoms with E-state index in [1.807, 2.05) is 0 Å². The van der Waals surface area contributed by atoms with Gasteiger partial charge in [0.2, 0.25) is 0 Å². The molecule has 0 atom stereocenters. The number of aryl methyl sites for hydroxylation is 1. The smallest absolute Gasteiger partial charge is 0.335 e. The summed E-state index contributed by atoms with van der Waals surface area (Å²) in [7, 11) is 0. The van der Waals surface area contributed by atoms with Crippen molar-refractivity contribution in [2.45, 2.75) is 6.92 Å². The van der Waals surface area contributed by atoms with Crippen molar-refractivity contribution in [3.8, 4) is 0 Å². The van der Waals surface area contributed by atoms with Crippen LogP contribution in [0.25, 0.3) is 0 Å². The summed E-state index contributed by atoms with van der Waals surface area (Å²) < 4.78 is 0. The van der Waals surface area contributed by atoms with E-state index >= 15 is 0 Å². The Bertz CT molecular complexity index is 681. The number of carboxylic acid groups (broad SMARTS) is 1. The maximum absolute atomic E-state index is 11.3. The Kier molecular flexibility index (Phi) is 3.70. The van der Waals surface area contributed by atoms with E-state index in [9.17, 15) is 9.59 Å². The molecule has 0 aliphatic rings. The fraction of sp³-hybridized carbons (Fsp3) is 0.0667. The highest BCUT2D eigenvalue weighted by Crippen LogP contribution is 2.22. The highest BCUT2D eigenvalue weighted by molar-refractivity contribution is 5.99. The van der Waals surface area contributed by atoms with Crippen molar-refractivity contribution in [3.63, 3.8) is 0 Å². The van der Waals surface area contributed by atoms with Gasteiger partial charge in [0.15, 0.2) is 0 Å². The molecule has 0 aliphatic heterocycles. The maximum Gasteiger partial charge on any atom is 0.335 e. The first kappa shape index (κ1) is 13.6. The van der Waals surface area contributed by atoms with Gasteiger partial charge in [0, 0.05) is 5.69 Å². The van der Waals surface area contributed by atoms with Gasteiger partial charge in [-0.05, 0) is 42.8 Å². The molecular formula is C15H14N2O3. The van der Waals surface area contributed by atoms with Gasteiger partial charge < -0.3 is 16.2 Å². The van der Waals surface area contributed by atoms with Crippen LogP contribution in [0.4, 0.5) is 11.4 Å². The van der Waals surface area contributed by atoms with Gasteiger partial charge in [0.25, 0.3) is 5.91 Å². The first-order chi connectivity index (χ1) is 9.49. The molecule has 5 nitrogen and oxygen atoms in total. The van der Waals surface area contributed by atoms with Crippen molar-refractivity contribution in [2.75, 3.05) is 5.32 Å². The number of amides is 1. The third-order valence-electron chi connectivity index (χ3n) is 2.93. The lowest BCUT2D eigenvalue weighted by atomic mass is 10.1. The van der Waals surface area contributed by atoms with Crippen LogP contribution in [0.5, 0.6) is 0 Å². The van der Waals surface area contributed by atoms with E-state index in [1.165, 1.54) is 6.07 Å². The highest BCUT2D eigenvalue weighted by Gasteiger charge is 2.10. The van der Waals surface area contributed by atoms with Crippen LogP contribution >= 0.6 is 0 Å². The summed E-state index contributed by atoms with van der Waals surface area (Å²) >= 11 is 0.